The summed E-state index contributed by atoms with van der Waals surface area (Å²) in [7, 11) is 0. The summed E-state index contributed by atoms with van der Waals surface area (Å²) in [5.74, 6) is -0.108. The van der Waals surface area contributed by atoms with E-state index in [2.05, 4.69) is 46.4 Å². The number of para-hydroxylation sites is 1. The highest BCUT2D eigenvalue weighted by atomic mass is 16.1. The van der Waals surface area contributed by atoms with Crippen molar-refractivity contribution < 1.29 is 4.79 Å². The minimum absolute atomic E-state index is 0.108. The van der Waals surface area contributed by atoms with E-state index in [0.29, 0.717) is 5.69 Å². The minimum atomic E-state index is -0.108. The van der Waals surface area contributed by atoms with Gasteiger partial charge >= 0.3 is 0 Å². The molecular weight excluding hydrogens is 274 g/mol. The number of amides is 1. The van der Waals surface area contributed by atoms with Gasteiger partial charge in [0.15, 0.2) is 0 Å². The highest BCUT2D eigenvalue weighted by Crippen LogP contribution is 2.34. The van der Waals surface area contributed by atoms with Crippen LogP contribution in [0.4, 0.5) is 11.4 Å². The number of aromatic nitrogens is 1. The maximum Gasteiger partial charge on any atom is 0.270 e. The van der Waals surface area contributed by atoms with Crippen LogP contribution in [0.15, 0.2) is 42.6 Å². The number of hydrogen-bond donors (Lipinski definition) is 1. The van der Waals surface area contributed by atoms with Gasteiger partial charge in [-0.1, -0.05) is 25.1 Å². The summed E-state index contributed by atoms with van der Waals surface area (Å²) < 4.78 is 0. The summed E-state index contributed by atoms with van der Waals surface area (Å²) in [4.78, 5) is 18.7. The summed E-state index contributed by atoms with van der Waals surface area (Å²) in [5.41, 5.74) is 4.07. The Kier molecular flexibility index (Phi) is 4.09. The second kappa shape index (κ2) is 6.18. The lowest BCUT2D eigenvalue weighted by Crippen LogP contribution is -2.32. The first-order valence-electron chi connectivity index (χ1n) is 7.81. The second-order valence-electron chi connectivity index (χ2n) is 5.71. The molecule has 0 radical (unpaired) electrons. The number of carbonyl (C=O) groups is 1. The molecule has 0 bridgehead atoms. The van der Waals surface area contributed by atoms with Crippen molar-refractivity contribution in [2.75, 3.05) is 11.4 Å². The maximum absolute atomic E-state index is 12.2. The Balaban J connectivity index is 1.85. The average Bonchev–Trinajstić information content (AvgIpc) is 2.99. The minimum Gasteiger partial charge on any atom is -0.348 e. The molecule has 22 heavy (non-hydrogen) atoms. The summed E-state index contributed by atoms with van der Waals surface area (Å²) in [5, 5.41) is 2.96. The lowest BCUT2D eigenvalue weighted by Gasteiger charge is -2.20. The van der Waals surface area contributed by atoms with E-state index >= 15 is 0 Å². The van der Waals surface area contributed by atoms with Crippen molar-refractivity contribution in [1.29, 1.82) is 0 Å². The molecule has 1 aromatic heterocycles. The van der Waals surface area contributed by atoms with E-state index in [4.69, 9.17) is 0 Å². The molecular formula is C18H21N3O. The van der Waals surface area contributed by atoms with Crippen LogP contribution < -0.4 is 10.2 Å². The van der Waals surface area contributed by atoms with Gasteiger partial charge in [-0.25, -0.2) is 0 Å². The van der Waals surface area contributed by atoms with Gasteiger partial charge in [0.05, 0.1) is 0 Å². The standard InChI is InChI=1S/C18H21N3O/c1-3-13(2)20-18(22)16-12-15(8-10-19-16)21-11-9-14-6-4-5-7-17(14)21/h4-8,10,12-13H,3,9,11H2,1-2H3,(H,20,22). The Bertz CT molecular complexity index is 684. The van der Waals surface area contributed by atoms with Crippen molar-refractivity contribution in [3.05, 3.63) is 53.9 Å². The topological polar surface area (TPSA) is 45.2 Å². The summed E-state index contributed by atoms with van der Waals surface area (Å²) >= 11 is 0. The number of carbonyl (C=O) groups excluding carboxylic acids is 1. The zero-order valence-corrected chi connectivity index (χ0v) is 13.0. The largest absolute Gasteiger partial charge is 0.348 e. The fraction of sp³-hybridized carbons (Fsp3) is 0.333. The second-order valence-corrected chi connectivity index (χ2v) is 5.71. The number of pyridine rings is 1. The molecule has 1 amide bonds. The fourth-order valence-corrected chi connectivity index (χ4v) is 2.72. The molecule has 3 rings (SSSR count). The predicted octanol–water partition coefficient (Wildman–Crippen LogP) is 3.30. The smallest absolute Gasteiger partial charge is 0.270 e. The number of hydrogen-bond acceptors (Lipinski definition) is 3. The third-order valence-electron chi connectivity index (χ3n) is 4.16. The number of nitrogens with zero attached hydrogens (tertiary/aromatic N) is 2. The van der Waals surface area contributed by atoms with Crippen LogP contribution in [0, 0.1) is 0 Å². The zero-order chi connectivity index (χ0) is 15.5. The van der Waals surface area contributed by atoms with E-state index in [0.717, 1.165) is 25.1 Å². The van der Waals surface area contributed by atoms with Crippen LogP contribution in [-0.4, -0.2) is 23.5 Å². The summed E-state index contributed by atoms with van der Waals surface area (Å²) in [6, 6.07) is 12.4. The molecule has 1 N–H and O–H groups in total. The first kappa shape index (κ1) is 14.6. The average molecular weight is 295 g/mol. The Morgan fingerprint density at radius 3 is 3.00 bits per heavy atom. The van der Waals surface area contributed by atoms with Crippen LogP contribution >= 0.6 is 0 Å². The number of rotatable bonds is 4. The first-order valence-corrected chi connectivity index (χ1v) is 7.81. The fourth-order valence-electron chi connectivity index (χ4n) is 2.72. The van der Waals surface area contributed by atoms with E-state index < -0.39 is 0 Å². The highest BCUT2D eigenvalue weighted by molar-refractivity contribution is 5.93. The Morgan fingerprint density at radius 1 is 1.36 bits per heavy atom. The Labute approximate surface area is 131 Å². The van der Waals surface area contributed by atoms with Crippen molar-refractivity contribution in [3.63, 3.8) is 0 Å². The monoisotopic (exact) mass is 295 g/mol. The van der Waals surface area contributed by atoms with Crippen molar-refractivity contribution in [2.24, 2.45) is 0 Å². The quantitative estimate of drug-likeness (QED) is 0.941. The van der Waals surface area contributed by atoms with Crippen LogP contribution in [0.3, 0.4) is 0 Å². The van der Waals surface area contributed by atoms with Crippen molar-refractivity contribution in [1.82, 2.24) is 10.3 Å². The number of anilines is 2. The van der Waals surface area contributed by atoms with Gasteiger partial charge in [0, 0.05) is 30.2 Å². The van der Waals surface area contributed by atoms with Crippen LogP contribution in [0.2, 0.25) is 0 Å². The molecule has 0 spiro atoms. The van der Waals surface area contributed by atoms with Gasteiger partial charge in [-0.05, 0) is 43.5 Å². The third kappa shape index (κ3) is 2.82. The van der Waals surface area contributed by atoms with Gasteiger partial charge in [0.25, 0.3) is 5.91 Å². The Hall–Kier alpha value is -2.36. The molecule has 1 aliphatic heterocycles. The van der Waals surface area contributed by atoms with Gasteiger partial charge in [0.2, 0.25) is 0 Å². The van der Waals surface area contributed by atoms with Gasteiger partial charge in [-0.15, -0.1) is 0 Å². The van der Waals surface area contributed by atoms with Crippen molar-refractivity contribution in [3.8, 4) is 0 Å². The molecule has 0 saturated carbocycles. The number of nitrogens with one attached hydrogen (secondary N) is 1. The Morgan fingerprint density at radius 2 is 2.18 bits per heavy atom. The van der Waals surface area contributed by atoms with Crippen molar-refractivity contribution in [2.45, 2.75) is 32.7 Å². The highest BCUT2D eigenvalue weighted by Gasteiger charge is 2.21. The molecule has 1 aliphatic rings. The van der Waals surface area contributed by atoms with E-state index in [1.54, 1.807) is 6.20 Å². The SMILES string of the molecule is CCC(C)NC(=O)c1cc(N2CCc3ccccc32)ccn1. The molecule has 4 heteroatoms. The van der Waals surface area contributed by atoms with Crippen molar-refractivity contribution >= 4 is 17.3 Å². The molecule has 4 nitrogen and oxygen atoms in total. The maximum atomic E-state index is 12.2. The first-order chi connectivity index (χ1) is 10.7. The number of fused-ring (bicyclic) bond motifs is 1. The molecule has 0 fully saturated rings. The molecule has 2 aromatic rings. The van der Waals surface area contributed by atoms with Crippen LogP contribution in [0.5, 0.6) is 0 Å². The third-order valence-corrected chi connectivity index (χ3v) is 4.16. The van der Waals surface area contributed by atoms with Gasteiger partial charge in [-0.2, -0.15) is 0 Å². The molecule has 0 aliphatic carbocycles. The lowest BCUT2D eigenvalue weighted by molar-refractivity contribution is 0.0934. The van der Waals surface area contributed by atoms with Crippen LogP contribution in [-0.2, 0) is 6.42 Å². The van der Waals surface area contributed by atoms with Gasteiger partial charge < -0.3 is 10.2 Å². The van der Waals surface area contributed by atoms with Gasteiger partial charge in [0.1, 0.15) is 5.69 Å². The normalized spacial score (nSPS) is 14.5. The predicted molar refractivity (Wildman–Crippen MR) is 88.6 cm³/mol. The zero-order valence-electron chi connectivity index (χ0n) is 13.0. The molecule has 1 aromatic carbocycles. The van der Waals surface area contributed by atoms with Crippen LogP contribution in [0.1, 0.15) is 36.3 Å². The van der Waals surface area contributed by atoms with Gasteiger partial charge in [-0.3, -0.25) is 9.78 Å². The van der Waals surface area contributed by atoms with E-state index in [1.165, 1.54) is 11.3 Å². The number of benzene rings is 1. The molecule has 2 heterocycles. The van der Waals surface area contributed by atoms with Crippen LogP contribution in [0.25, 0.3) is 0 Å². The van der Waals surface area contributed by atoms with E-state index in [9.17, 15) is 4.79 Å². The molecule has 0 saturated heterocycles. The van der Waals surface area contributed by atoms with E-state index in [1.807, 2.05) is 19.1 Å². The lowest BCUT2D eigenvalue weighted by atomic mass is 10.2. The molecule has 1 unspecified atom stereocenters. The molecule has 1 atom stereocenters. The molecule has 114 valence electrons. The summed E-state index contributed by atoms with van der Waals surface area (Å²) in [6.07, 6.45) is 3.65. The summed E-state index contributed by atoms with van der Waals surface area (Å²) in [6.45, 7) is 4.99. The van der Waals surface area contributed by atoms with E-state index in [-0.39, 0.29) is 11.9 Å².